The summed E-state index contributed by atoms with van der Waals surface area (Å²) in [6.07, 6.45) is 0. The number of carboxylic acids is 1. The molecular weight excluding hydrogens is 231 g/mol. The largest absolute Gasteiger partial charge is 0.481 e. The van der Waals surface area contributed by atoms with E-state index in [1.807, 2.05) is 0 Å². The van der Waals surface area contributed by atoms with Crippen LogP contribution in [0.4, 0.5) is 0 Å². The van der Waals surface area contributed by atoms with Crippen LogP contribution >= 0.6 is 0 Å². The Morgan fingerprint density at radius 3 is 1.80 bits per heavy atom. The molecular formula is C2H4LuO2. The van der Waals surface area contributed by atoms with Gasteiger partial charge in [0.05, 0.1) is 0 Å². The molecule has 0 atom stereocenters. The summed E-state index contributed by atoms with van der Waals surface area (Å²) in [6.45, 7) is 1.08. The van der Waals surface area contributed by atoms with E-state index in [0.717, 1.165) is 6.92 Å². The maximum absolute atomic E-state index is 9.00. The molecule has 0 saturated carbocycles. The summed E-state index contributed by atoms with van der Waals surface area (Å²) >= 11 is 0. The number of hydrogen-bond donors (Lipinski definition) is 1. The van der Waals surface area contributed by atoms with Crippen LogP contribution in [0.1, 0.15) is 6.92 Å². The van der Waals surface area contributed by atoms with Gasteiger partial charge in [-0.25, -0.2) is 0 Å². The van der Waals surface area contributed by atoms with Crippen molar-refractivity contribution in [3.63, 3.8) is 0 Å². The standard InChI is InChI=1S/C2H4O2.Lu/c1-2(3)4;/h1H3,(H,3,4);. The Balaban J connectivity index is 0. The summed E-state index contributed by atoms with van der Waals surface area (Å²) in [5.41, 5.74) is 0. The number of carbonyl (C=O) groups is 1. The van der Waals surface area contributed by atoms with Crippen LogP contribution < -0.4 is 0 Å². The Hall–Kier alpha value is 0.704. The summed E-state index contributed by atoms with van der Waals surface area (Å²) < 4.78 is 0. The number of aliphatic carboxylic acids is 1. The van der Waals surface area contributed by atoms with Gasteiger partial charge in [-0.05, 0) is 0 Å². The van der Waals surface area contributed by atoms with E-state index >= 15 is 0 Å². The van der Waals surface area contributed by atoms with E-state index < -0.39 is 5.97 Å². The maximum atomic E-state index is 9.00. The molecule has 0 aliphatic rings. The van der Waals surface area contributed by atoms with Gasteiger partial charge in [0.25, 0.3) is 5.97 Å². The van der Waals surface area contributed by atoms with Gasteiger partial charge in [-0.3, -0.25) is 4.79 Å². The molecule has 3 heteroatoms. The first-order valence-electron chi connectivity index (χ1n) is 0.928. The van der Waals surface area contributed by atoms with Crippen molar-refractivity contribution in [1.29, 1.82) is 0 Å². The molecule has 1 N–H and O–H groups in total. The molecule has 0 heterocycles. The summed E-state index contributed by atoms with van der Waals surface area (Å²) in [6, 6.07) is 0. The molecule has 0 saturated heterocycles. The molecule has 1 radical (unpaired) electrons. The molecule has 0 spiro atoms. The summed E-state index contributed by atoms with van der Waals surface area (Å²) in [5.74, 6) is -0.833. The summed E-state index contributed by atoms with van der Waals surface area (Å²) in [7, 11) is 0. The Kier molecular flexibility index (Phi) is 8.65. The van der Waals surface area contributed by atoms with Gasteiger partial charge in [-0.2, -0.15) is 0 Å². The Morgan fingerprint density at radius 2 is 1.80 bits per heavy atom. The van der Waals surface area contributed by atoms with Crippen molar-refractivity contribution in [2.75, 3.05) is 0 Å². The third-order valence-corrected chi connectivity index (χ3v) is 0. The van der Waals surface area contributed by atoms with Crippen molar-refractivity contribution in [3.8, 4) is 0 Å². The van der Waals surface area contributed by atoms with Crippen molar-refractivity contribution in [3.05, 3.63) is 0 Å². The zero-order chi connectivity index (χ0) is 3.58. The topological polar surface area (TPSA) is 37.3 Å². The first-order valence-corrected chi connectivity index (χ1v) is 0.928. The number of rotatable bonds is 0. The smallest absolute Gasteiger partial charge is 0.300 e. The second-order valence-corrected chi connectivity index (χ2v) is 0.519. The molecule has 0 aromatic heterocycles. The summed E-state index contributed by atoms with van der Waals surface area (Å²) in [5, 5.41) is 7.42. The zero-order valence-electron chi connectivity index (χ0n) is 2.61. The molecule has 0 bridgehead atoms. The van der Waals surface area contributed by atoms with Gasteiger partial charge in [0, 0.05) is 43.8 Å². The van der Waals surface area contributed by atoms with Gasteiger partial charge in [0.1, 0.15) is 0 Å². The van der Waals surface area contributed by atoms with Crippen molar-refractivity contribution < 1.29 is 46.8 Å². The van der Waals surface area contributed by atoms with Crippen LogP contribution in [0.2, 0.25) is 0 Å². The molecule has 0 aromatic carbocycles. The van der Waals surface area contributed by atoms with Gasteiger partial charge in [-0.15, -0.1) is 0 Å². The molecule has 0 unspecified atom stereocenters. The van der Waals surface area contributed by atoms with Gasteiger partial charge in [0.2, 0.25) is 0 Å². The first-order chi connectivity index (χ1) is 1.73. The quantitative estimate of drug-likeness (QED) is 0.646. The fourth-order valence-corrected chi connectivity index (χ4v) is 0. The van der Waals surface area contributed by atoms with Crippen LogP contribution in [0.3, 0.4) is 0 Å². The van der Waals surface area contributed by atoms with Crippen LogP contribution in [0.15, 0.2) is 0 Å². The fourth-order valence-electron chi connectivity index (χ4n) is 0. The van der Waals surface area contributed by atoms with Crippen LogP contribution in [-0.4, -0.2) is 11.1 Å². The minimum absolute atomic E-state index is 0. The van der Waals surface area contributed by atoms with Gasteiger partial charge < -0.3 is 5.11 Å². The van der Waals surface area contributed by atoms with E-state index in [1.54, 1.807) is 0 Å². The Labute approximate surface area is 59.4 Å². The normalized spacial score (nSPS) is 5.00. The minimum Gasteiger partial charge on any atom is -0.481 e. The van der Waals surface area contributed by atoms with Gasteiger partial charge >= 0.3 is 0 Å². The molecule has 0 aliphatic carbocycles. The van der Waals surface area contributed by atoms with E-state index in [9.17, 15) is 0 Å². The van der Waals surface area contributed by atoms with E-state index in [-0.39, 0.29) is 36.9 Å². The number of hydrogen-bond acceptors (Lipinski definition) is 1. The third kappa shape index (κ3) is 69.4. The second-order valence-electron chi connectivity index (χ2n) is 0.519. The molecule has 0 amide bonds. The van der Waals surface area contributed by atoms with E-state index in [0.29, 0.717) is 0 Å². The summed E-state index contributed by atoms with van der Waals surface area (Å²) in [4.78, 5) is 9.00. The van der Waals surface area contributed by atoms with Crippen LogP contribution in [0.5, 0.6) is 0 Å². The first kappa shape index (κ1) is 9.20. The van der Waals surface area contributed by atoms with Crippen molar-refractivity contribution in [1.82, 2.24) is 0 Å². The fraction of sp³-hybridized carbons (Fsp3) is 0.500. The van der Waals surface area contributed by atoms with Crippen molar-refractivity contribution in [2.45, 2.75) is 6.92 Å². The predicted molar refractivity (Wildman–Crippen MR) is 13.3 cm³/mol. The SMILES string of the molecule is CC(=O)O.[Lu]. The Bertz CT molecular complexity index is 30.6. The van der Waals surface area contributed by atoms with E-state index in [1.165, 1.54) is 0 Å². The van der Waals surface area contributed by atoms with Gasteiger partial charge in [0.15, 0.2) is 0 Å². The zero-order valence-corrected chi connectivity index (χ0v) is 4.27. The minimum atomic E-state index is -0.833. The molecule has 5 heavy (non-hydrogen) atoms. The van der Waals surface area contributed by atoms with Crippen molar-refractivity contribution >= 4 is 5.97 Å². The van der Waals surface area contributed by atoms with Crippen LogP contribution in [-0.2, 0) is 4.79 Å². The van der Waals surface area contributed by atoms with Crippen LogP contribution in [0.25, 0.3) is 0 Å². The average molecular weight is 235 g/mol. The van der Waals surface area contributed by atoms with Crippen molar-refractivity contribution in [2.24, 2.45) is 0 Å². The van der Waals surface area contributed by atoms with E-state index in [2.05, 4.69) is 0 Å². The second kappa shape index (κ2) is 4.70. The number of carboxylic acid groups (broad SMARTS) is 1. The van der Waals surface area contributed by atoms with Gasteiger partial charge in [-0.1, -0.05) is 0 Å². The molecule has 0 fully saturated rings. The third-order valence-electron chi connectivity index (χ3n) is 0. The molecule has 0 aromatic rings. The molecule has 2 nitrogen and oxygen atoms in total. The molecule has 39 valence electrons. The average Bonchev–Trinajstić information content (AvgIpc) is 0.811. The molecule has 0 aliphatic heterocycles. The Morgan fingerprint density at radius 1 is 1.80 bits per heavy atom. The van der Waals surface area contributed by atoms with E-state index in [4.69, 9.17) is 9.90 Å². The monoisotopic (exact) mass is 235 g/mol. The predicted octanol–water partition coefficient (Wildman–Crippen LogP) is 0.0909. The van der Waals surface area contributed by atoms with Crippen LogP contribution in [0, 0.1) is 36.9 Å². The maximum Gasteiger partial charge on any atom is 0.300 e. The molecule has 0 rings (SSSR count).